The van der Waals surface area contributed by atoms with Crippen molar-refractivity contribution in [1.29, 1.82) is 0 Å². The number of aromatic amines is 1. The molecule has 4 heterocycles. The highest BCUT2D eigenvalue weighted by atomic mass is 79.9. The number of hydrogen-bond donors (Lipinski definition) is 1. The number of pyridine rings is 1. The fraction of sp³-hybridized carbons (Fsp3) is 0.238. The SMILES string of the molecule is CC(C)Cc1n[nH]c2c1C(c1ccc(F)cc1Br)N(c1ccc3ncnn3c1)C2=O. The van der Waals surface area contributed by atoms with Gasteiger partial charge in [-0.05, 0) is 42.2 Å². The minimum Gasteiger partial charge on any atom is -0.294 e. The van der Waals surface area contributed by atoms with Gasteiger partial charge < -0.3 is 0 Å². The van der Waals surface area contributed by atoms with Crippen molar-refractivity contribution in [1.82, 2.24) is 24.8 Å². The first kappa shape index (κ1) is 18.9. The predicted octanol–water partition coefficient (Wildman–Crippen LogP) is 4.30. The van der Waals surface area contributed by atoms with Gasteiger partial charge in [-0.1, -0.05) is 35.8 Å². The van der Waals surface area contributed by atoms with E-state index >= 15 is 0 Å². The second-order valence-corrected chi connectivity index (χ2v) is 8.60. The molecule has 9 heteroatoms. The number of fused-ring (bicyclic) bond motifs is 2. The molecule has 1 aromatic carbocycles. The number of carbonyl (C=O) groups is 1. The van der Waals surface area contributed by atoms with Crippen molar-refractivity contribution in [2.75, 3.05) is 4.90 Å². The Balaban J connectivity index is 1.72. The topological polar surface area (TPSA) is 79.2 Å². The molecular formula is C21H18BrFN6O. The molecular weight excluding hydrogens is 451 g/mol. The van der Waals surface area contributed by atoms with Crippen LogP contribution in [0.2, 0.25) is 0 Å². The van der Waals surface area contributed by atoms with Gasteiger partial charge >= 0.3 is 0 Å². The van der Waals surface area contributed by atoms with E-state index in [4.69, 9.17) is 0 Å². The van der Waals surface area contributed by atoms with Crippen LogP contribution in [0.3, 0.4) is 0 Å². The van der Waals surface area contributed by atoms with E-state index in [1.165, 1.54) is 18.5 Å². The first-order valence-corrected chi connectivity index (χ1v) is 10.4. The molecule has 1 atom stereocenters. The summed E-state index contributed by atoms with van der Waals surface area (Å²) in [5.41, 5.74) is 4.28. The third-order valence-corrected chi connectivity index (χ3v) is 5.93. The summed E-state index contributed by atoms with van der Waals surface area (Å²) in [5, 5.41) is 11.6. The molecule has 0 bridgehead atoms. The number of benzene rings is 1. The van der Waals surface area contributed by atoms with Crippen LogP contribution in [0.4, 0.5) is 10.1 Å². The Bertz CT molecular complexity index is 1280. The Morgan fingerprint density at radius 1 is 1.27 bits per heavy atom. The molecule has 0 spiro atoms. The number of aromatic nitrogens is 5. The van der Waals surface area contributed by atoms with Gasteiger partial charge in [0.05, 0.1) is 23.6 Å². The number of anilines is 1. The standard InChI is InChI=1S/C21H18BrFN6O/c1-11(2)7-16-18-19(27-26-16)21(30)29(13-4-6-17-24-10-25-28(17)9-13)20(18)14-5-3-12(23)8-15(14)22/h3-6,8-11,20H,7H2,1-2H3,(H,26,27). The van der Waals surface area contributed by atoms with Crippen molar-refractivity contribution in [3.05, 3.63) is 75.7 Å². The number of nitrogens with one attached hydrogen (secondary N) is 1. The summed E-state index contributed by atoms with van der Waals surface area (Å²) >= 11 is 3.49. The molecule has 7 nitrogen and oxygen atoms in total. The van der Waals surface area contributed by atoms with Gasteiger partial charge in [0.15, 0.2) is 5.65 Å². The van der Waals surface area contributed by atoms with Crippen LogP contribution in [0.1, 0.15) is 47.2 Å². The molecule has 1 aliphatic heterocycles. The van der Waals surface area contributed by atoms with Gasteiger partial charge in [-0.2, -0.15) is 10.2 Å². The molecule has 3 aromatic heterocycles. The number of nitrogens with zero attached hydrogens (tertiary/aromatic N) is 5. The van der Waals surface area contributed by atoms with Gasteiger partial charge in [-0.25, -0.2) is 13.9 Å². The van der Waals surface area contributed by atoms with Crippen LogP contribution < -0.4 is 4.90 Å². The van der Waals surface area contributed by atoms with Crippen LogP contribution >= 0.6 is 15.9 Å². The van der Waals surface area contributed by atoms with Crippen molar-refractivity contribution < 1.29 is 9.18 Å². The highest BCUT2D eigenvalue weighted by Crippen LogP contribution is 2.44. The van der Waals surface area contributed by atoms with Crippen molar-refractivity contribution in [3.63, 3.8) is 0 Å². The zero-order valence-electron chi connectivity index (χ0n) is 16.3. The molecule has 4 aromatic rings. The van der Waals surface area contributed by atoms with Crippen LogP contribution in [0, 0.1) is 11.7 Å². The third-order valence-electron chi connectivity index (χ3n) is 5.24. The molecule has 5 rings (SSSR count). The quantitative estimate of drug-likeness (QED) is 0.484. The molecule has 0 radical (unpaired) electrons. The van der Waals surface area contributed by atoms with Gasteiger partial charge in [0.1, 0.15) is 17.8 Å². The lowest BCUT2D eigenvalue weighted by molar-refractivity contribution is 0.0988. The van der Waals surface area contributed by atoms with Crippen molar-refractivity contribution in [2.45, 2.75) is 26.3 Å². The molecule has 0 fully saturated rings. The van der Waals surface area contributed by atoms with Crippen LogP contribution in [-0.2, 0) is 6.42 Å². The average molecular weight is 469 g/mol. The second-order valence-electron chi connectivity index (χ2n) is 7.75. The first-order chi connectivity index (χ1) is 14.4. The van der Waals surface area contributed by atoms with Gasteiger partial charge in [-0.15, -0.1) is 0 Å². The summed E-state index contributed by atoms with van der Waals surface area (Å²) < 4.78 is 16.0. The lowest BCUT2D eigenvalue weighted by atomic mass is 9.95. The number of rotatable bonds is 4. The highest BCUT2D eigenvalue weighted by molar-refractivity contribution is 9.10. The van der Waals surface area contributed by atoms with Crippen molar-refractivity contribution in [3.8, 4) is 0 Å². The second kappa shape index (κ2) is 7.02. The molecule has 1 N–H and O–H groups in total. The summed E-state index contributed by atoms with van der Waals surface area (Å²) in [6.07, 6.45) is 3.96. The van der Waals surface area contributed by atoms with Crippen LogP contribution in [0.25, 0.3) is 5.65 Å². The maximum absolute atomic E-state index is 13.8. The van der Waals surface area contributed by atoms with E-state index in [0.29, 0.717) is 27.4 Å². The van der Waals surface area contributed by atoms with Crippen LogP contribution in [-0.4, -0.2) is 30.7 Å². The molecule has 152 valence electrons. The van der Waals surface area contributed by atoms with Gasteiger partial charge in [-0.3, -0.25) is 14.8 Å². The zero-order valence-corrected chi connectivity index (χ0v) is 17.9. The van der Waals surface area contributed by atoms with Crippen molar-refractivity contribution in [2.24, 2.45) is 5.92 Å². The minimum atomic E-state index is -0.448. The molecule has 1 aliphatic rings. The van der Waals surface area contributed by atoms with Gasteiger partial charge in [0, 0.05) is 10.0 Å². The molecule has 0 saturated carbocycles. The third kappa shape index (κ3) is 2.92. The Labute approximate surface area is 180 Å². The Kier molecular flexibility index (Phi) is 4.43. The maximum atomic E-state index is 13.8. The fourth-order valence-electron chi connectivity index (χ4n) is 3.99. The van der Waals surface area contributed by atoms with Gasteiger partial charge in [0.2, 0.25) is 0 Å². The molecule has 30 heavy (non-hydrogen) atoms. The van der Waals surface area contributed by atoms with Crippen LogP contribution in [0.15, 0.2) is 47.3 Å². The molecule has 0 saturated heterocycles. The maximum Gasteiger partial charge on any atom is 0.277 e. The highest BCUT2D eigenvalue weighted by Gasteiger charge is 2.43. The van der Waals surface area contributed by atoms with E-state index in [1.807, 2.05) is 12.1 Å². The smallest absolute Gasteiger partial charge is 0.277 e. The summed E-state index contributed by atoms with van der Waals surface area (Å²) in [6.45, 7) is 4.22. The summed E-state index contributed by atoms with van der Waals surface area (Å²) in [7, 11) is 0. The van der Waals surface area contributed by atoms with E-state index in [2.05, 4.69) is 50.1 Å². The number of amides is 1. The predicted molar refractivity (Wildman–Crippen MR) is 113 cm³/mol. The van der Waals surface area contributed by atoms with E-state index in [9.17, 15) is 9.18 Å². The van der Waals surface area contributed by atoms with Crippen molar-refractivity contribution >= 4 is 33.2 Å². The fourth-order valence-corrected chi connectivity index (χ4v) is 4.56. The lowest BCUT2D eigenvalue weighted by Gasteiger charge is -2.27. The van der Waals surface area contributed by atoms with E-state index in [1.54, 1.807) is 21.7 Å². The van der Waals surface area contributed by atoms with E-state index in [-0.39, 0.29) is 11.7 Å². The zero-order chi connectivity index (χ0) is 21.0. The summed E-state index contributed by atoms with van der Waals surface area (Å²) in [5.74, 6) is -0.168. The Morgan fingerprint density at radius 3 is 2.87 bits per heavy atom. The normalized spacial score (nSPS) is 16.1. The van der Waals surface area contributed by atoms with Gasteiger partial charge in [0.25, 0.3) is 5.91 Å². The molecule has 1 unspecified atom stereocenters. The number of hydrogen-bond acceptors (Lipinski definition) is 4. The molecule has 1 amide bonds. The van der Waals surface area contributed by atoms with E-state index < -0.39 is 6.04 Å². The summed E-state index contributed by atoms with van der Waals surface area (Å²) in [4.78, 5) is 19.3. The first-order valence-electron chi connectivity index (χ1n) is 9.59. The summed E-state index contributed by atoms with van der Waals surface area (Å²) in [6, 6.07) is 7.73. The number of halogens is 2. The van der Waals surface area contributed by atoms with E-state index in [0.717, 1.165) is 23.2 Å². The minimum absolute atomic E-state index is 0.187. The number of carbonyl (C=O) groups excluding carboxylic acids is 1. The number of H-pyrrole nitrogens is 1. The monoisotopic (exact) mass is 468 g/mol. The largest absolute Gasteiger partial charge is 0.294 e. The Morgan fingerprint density at radius 2 is 2.10 bits per heavy atom. The lowest BCUT2D eigenvalue weighted by Crippen LogP contribution is -2.30. The van der Waals surface area contributed by atoms with Crippen LogP contribution in [0.5, 0.6) is 0 Å². The Hall–Kier alpha value is -3.07. The molecule has 0 aliphatic carbocycles. The average Bonchev–Trinajstić information content (AvgIpc) is 3.38.